The predicted octanol–water partition coefficient (Wildman–Crippen LogP) is 5.39. The van der Waals surface area contributed by atoms with Crippen molar-refractivity contribution in [3.63, 3.8) is 0 Å². The summed E-state index contributed by atoms with van der Waals surface area (Å²) < 4.78 is 11.9. The summed E-state index contributed by atoms with van der Waals surface area (Å²) in [7, 11) is -2.50. The number of nitrogens with one attached hydrogen (secondary N) is 2. The van der Waals surface area contributed by atoms with Crippen LogP contribution in [-0.2, 0) is 11.1 Å². The van der Waals surface area contributed by atoms with Crippen LogP contribution < -0.4 is 10.6 Å². The molecule has 0 bridgehead atoms. The third-order valence-corrected chi connectivity index (χ3v) is 8.55. The van der Waals surface area contributed by atoms with Crippen LogP contribution in [0.5, 0.6) is 0 Å². The van der Waals surface area contributed by atoms with Crippen molar-refractivity contribution in [2.75, 3.05) is 18.9 Å². The van der Waals surface area contributed by atoms with Crippen LogP contribution in [0, 0.1) is 0 Å². The highest BCUT2D eigenvalue weighted by Gasteiger charge is 2.45. The van der Waals surface area contributed by atoms with E-state index in [4.69, 9.17) is 23.2 Å². The highest BCUT2D eigenvalue weighted by Crippen LogP contribution is 2.52. The topological polar surface area (TPSA) is 102 Å². The van der Waals surface area contributed by atoms with E-state index in [1.807, 2.05) is 25.2 Å². The molecule has 1 atom stereocenters. The molecule has 2 aromatic carbocycles. The number of hydrogen-bond donors (Lipinski definition) is 4. The number of benzene rings is 2. The van der Waals surface area contributed by atoms with Crippen molar-refractivity contribution in [2.45, 2.75) is 44.4 Å². The molecule has 0 aliphatic carbocycles. The van der Waals surface area contributed by atoms with Crippen LogP contribution in [-0.4, -0.2) is 39.6 Å². The molecule has 32 heavy (non-hydrogen) atoms. The lowest BCUT2D eigenvalue weighted by atomic mass is 9.85. The summed E-state index contributed by atoms with van der Waals surface area (Å²) in [4.78, 5) is 34.1. The standard InChI is InChI=1S/C22H28Cl2N3O4P/c1-4-22(5-2,32(29,30)31)26-21(28)25-16-8-6-14(7-9-16)18-12-27(3)13-19-17(18)10-15(23)11-20(19)24/h6-11,18H,4-5,12-13H2,1-3H3,(H2,25,26,28)(H2,29,30,31). The van der Waals surface area contributed by atoms with Gasteiger partial charge >= 0.3 is 13.6 Å². The van der Waals surface area contributed by atoms with Gasteiger partial charge in [0.25, 0.3) is 0 Å². The van der Waals surface area contributed by atoms with E-state index < -0.39 is 18.9 Å². The van der Waals surface area contributed by atoms with Crippen molar-refractivity contribution in [1.82, 2.24) is 10.2 Å². The Labute approximate surface area is 198 Å². The second kappa shape index (κ2) is 9.72. The summed E-state index contributed by atoms with van der Waals surface area (Å²) in [6.45, 7) is 4.82. The summed E-state index contributed by atoms with van der Waals surface area (Å²) in [6, 6.07) is 10.4. The zero-order chi connectivity index (χ0) is 23.7. The number of fused-ring (bicyclic) bond motifs is 1. The van der Waals surface area contributed by atoms with E-state index in [0.717, 1.165) is 29.8 Å². The first-order valence-electron chi connectivity index (χ1n) is 10.4. The van der Waals surface area contributed by atoms with Crippen LogP contribution in [0.15, 0.2) is 36.4 Å². The van der Waals surface area contributed by atoms with Gasteiger partial charge < -0.3 is 25.3 Å². The van der Waals surface area contributed by atoms with Gasteiger partial charge in [0, 0.05) is 34.7 Å². The first kappa shape index (κ1) is 25.0. The Morgan fingerprint density at radius 2 is 1.81 bits per heavy atom. The number of likely N-dealkylation sites (N-methyl/N-ethyl adjacent to an activating group) is 1. The lowest BCUT2D eigenvalue weighted by molar-refractivity contribution is 0.234. The van der Waals surface area contributed by atoms with Gasteiger partial charge in [0.05, 0.1) is 0 Å². The molecule has 174 valence electrons. The van der Waals surface area contributed by atoms with Crippen molar-refractivity contribution >= 4 is 42.5 Å². The third-order valence-electron chi connectivity index (χ3n) is 6.14. The van der Waals surface area contributed by atoms with Crippen LogP contribution in [0.25, 0.3) is 0 Å². The Bertz CT molecular complexity index is 1040. The summed E-state index contributed by atoms with van der Waals surface area (Å²) in [5.74, 6) is 0.0744. The van der Waals surface area contributed by atoms with Gasteiger partial charge in [0.1, 0.15) is 5.28 Å². The van der Waals surface area contributed by atoms with Crippen molar-refractivity contribution in [3.05, 3.63) is 63.1 Å². The molecule has 0 aromatic heterocycles. The summed E-state index contributed by atoms with van der Waals surface area (Å²) in [5.41, 5.74) is 3.72. The van der Waals surface area contributed by atoms with Gasteiger partial charge in [-0.1, -0.05) is 49.2 Å². The monoisotopic (exact) mass is 499 g/mol. The fourth-order valence-electron chi connectivity index (χ4n) is 4.21. The van der Waals surface area contributed by atoms with Crippen LogP contribution in [0.2, 0.25) is 10.0 Å². The first-order valence-corrected chi connectivity index (χ1v) is 12.8. The highest BCUT2D eigenvalue weighted by atomic mass is 35.5. The number of anilines is 1. The van der Waals surface area contributed by atoms with E-state index in [2.05, 4.69) is 15.5 Å². The maximum absolute atomic E-state index is 12.5. The number of amides is 2. The lowest BCUT2D eigenvalue weighted by Gasteiger charge is -2.33. The molecule has 10 heteroatoms. The van der Waals surface area contributed by atoms with E-state index in [-0.39, 0.29) is 18.8 Å². The van der Waals surface area contributed by atoms with Gasteiger partial charge in [-0.25, -0.2) is 4.79 Å². The number of carbonyl (C=O) groups excluding carboxylic acids is 1. The second-order valence-electron chi connectivity index (χ2n) is 8.19. The second-order valence-corrected chi connectivity index (χ2v) is 11.0. The summed E-state index contributed by atoms with van der Waals surface area (Å²) >= 11 is 12.7. The number of halogens is 2. The van der Waals surface area contributed by atoms with Crippen molar-refractivity contribution < 1.29 is 19.1 Å². The zero-order valence-corrected chi connectivity index (χ0v) is 20.6. The Kier molecular flexibility index (Phi) is 7.60. The number of rotatable bonds is 6. The van der Waals surface area contributed by atoms with E-state index in [1.165, 1.54) is 0 Å². The zero-order valence-electron chi connectivity index (χ0n) is 18.2. The van der Waals surface area contributed by atoms with Crippen molar-refractivity contribution in [1.29, 1.82) is 0 Å². The SMILES string of the molecule is CCC(CC)(NC(=O)Nc1ccc(C2CN(C)Cc3c(Cl)cc(Cl)cc32)cc1)P(=O)(O)O. The minimum atomic E-state index is -4.54. The Morgan fingerprint density at radius 3 is 2.38 bits per heavy atom. The van der Waals surface area contributed by atoms with Crippen LogP contribution in [0.4, 0.5) is 10.5 Å². The molecule has 1 unspecified atom stereocenters. The van der Waals surface area contributed by atoms with Gasteiger partial charge in [-0.2, -0.15) is 0 Å². The normalized spacial score (nSPS) is 17.0. The average Bonchev–Trinajstić information content (AvgIpc) is 2.72. The van der Waals surface area contributed by atoms with Crippen molar-refractivity contribution in [2.24, 2.45) is 0 Å². The van der Waals surface area contributed by atoms with E-state index in [0.29, 0.717) is 15.7 Å². The molecule has 0 spiro atoms. The number of urea groups is 1. The molecule has 7 nitrogen and oxygen atoms in total. The molecular formula is C22H28Cl2N3O4P. The van der Waals surface area contributed by atoms with E-state index in [1.54, 1.807) is 32.0 Å². The van der Waals surface area contributed by atoms with Gasteiger partial charge in [-0.05, 0) is 60.8 Å². The van der Waals surface area contributed by atoms with Gasteiger partial charge in [-0.15, -0.1) is 0 Å². The molecule has 0 saturated heterocycles. The third kappa shape index (κ3) is 5.14. The van der Waals surface area contributed by atoms with Crippen LogP contribution in [0.3, 0.4) is 0 Å². The van der Waals surface area contributed by atoms with Gasteiger partial charge in [0.15, 0.2) is 0 Å². The fraction of sp³-hybridized carbons (Fsp3) is 0.409. The maximum Gasteiger partial charge on any atom is 0.350 e. The van der Waals surface area contributed by atoms with Gasteiger partial charge in [-0.3, -0.25) is 4.57 Å². The molecule has 0 radical (unpaired) electrons. The Hall–Kier alpha value is -1.60. The molecule has 1 aliphatic rings. The molecule has 1 aliphatic heterocycles. The minimum absolute atomic E-state index is 0.0744. The predicted molar refractivity (Wildman–Crippen MR) is 129 cm³/mol. The molecule has 3 rings (SSSR count). The molecule has 1 heterocycles. The highest BCUT2D eigenvalue weighted by molar-refractivity contribution is 7.53. The quantitative estimate of drug-likeness (QED) is 0.399. The molecule has 2 amide bonds. The molecule has 2 aromatic rings. The Balaban J connectivity index is 1.79. The first-order chi connectivity index (χ1) is 15.0. The molecule has 0 fully saturated rings. The smallest absolute Gasteiger partial charge is 0.323 e. The van der Waals surface area contributed by atoms with Crippen LogP contribution >= 0.6 is 30.8 Å². The van der Waals surface area contributed by atoms with Gasteiger partial charge in [0.2, 0.25) is 0 Å². The molecule has 4 N–H and O–H groups in total. The van der Waals surface area contributed by atoms with E-state index in [9.17, 15) is 19.1 Å². The molecule has 0 saturated carbocycles. The maximum atomic E-state index is 12.5. The summed E-state index contributed by atoms with van der Waals surface area (Å²) in [5, 5.41) is 4.80. The number of nitrogens with zero attached hydrogens (tertiary/aromatic N) is 1. The largest absolute Gasteiger partial charge is 0.350 e. The Morgan fingerprint density at radius 1 is 1.19 bits per heavy atom. The summed E-state index contributed by atoms with van der Waals surface area (Å²) in [6.07, 6.45) is 0.222. The average molecular weight is 500 g/mol. The van der Waals surface area contributed by atoms with E-state index >= 15 is 0 Å². The number of hydrogen-bond acceptors (Lipinski definition) is 3. The number of carbonyl (C=O) groups is 1. The van der Waals surface area contributed by atoms with Crippen molar-refractivity contribution in [3.8, 4) is 0 Å². The lowest BCUT2D eigenvalue weighted by Crippen LogP contribution is -2.49. The molecular weight excluding hydrogens is 472 g/mol. The minimum Gasteiger partial charge on any atom is -0.323 e. The fourth-order valence-corrected chi connectivity index (χ4v) is 5.85. The van der Waals surface area contributed by atoms with Crippen LogP contribution in [0.1, 0.15) is 49.3 Å².